The van der Waals surface area contributed by atoms with Crippen molar-refractivity contribution in [3.63, 3.8) is 0 Å². The van der Waals surface area contributed by atoms with Gasteiger partial charge in [-0.3, -0.25) is 0 Å². The molecule has 1 aliphatic carbocycles. The lowest BCUT2D eigenvalue weighted by Gasteiger charge is -2.23. The molecule has 1 aliphatic rings. The fourth-order valence-corrected chi connectivity index (χ4v) is 3.16. The van der Waals surface area contributed by atoms with Crippen molar-refractivity contribution in [2.24, 2.45) is 0 Å². The number of carbonyl (C=O) groups is 1. The van der Waals surface area contributed by atoms with Crippen molar-refractivity contribution in [2.45, 2.75) is 39.3 Å². The van der Waals surface area contributed by atoms with Crippen molar-refractivity contribution in [1.82, 2.24) is 4.90 Å². The van der Waals surface area contributed by atoms with Gasteiger partial charge in [-0.1, -0.05) is 29.8 Å². The molecule has 0 spiro atoms. The Morgan fingerprint density at radius 3 is 2.30 bits per heavy atom. The largest absolute Gasteiger partial charge is 0.382 e. The number of nitrogens with zero attached hydrogens (tertiary/aromatic N) is 1. The Morgan fingerprint density at radius 2 is 1.74 bits per heavy atom. The maximum Gasteiger partial charge on any atom is 0.322 e. The number of carbonyl (C=O) groups excluding carboxylic acids is 1. The second-order valence-corrected chi connectivity index (χ2v) is 8.59. The van der Waals surface area contributed by atoms with Crippen LogP contribution >= 0.6 is 0 Å². The van der Waals surface area contributed by atoms with Crippen LogP contribution in [0.3, 0.4) is 0 Å². The van der Waals surface area contributed by atoms with Gasteiger partial charge in [0.05, 0.1) is 5.75 Å². The number of amides is 2. The van der Waals surface area contributed by atoms with Crippen LogP contribution in [0.1, 0.15) is 30.9 Å². The molecule has 2 amide bonds. The Bertz CT molecular complexity index is 889. The fourth-order valence-electron chi connectivity index (χ4n) is 2.64. The number of rotatable bonds is 7. The predicted molar refractivity (Wildman–Crippen MR) is 105 cm³/mol. The lowest BCUT2D eigenvalue weighted by Crippen LogP contribution is -2.36. The first kappa shape index (κ1) is 19.2. The molecule has 0 atom stereocenters. The van der Waals surface area contributed by atoms with Gasteiger partial charge in [-0.05, 0) is 56.5 Å². The van der Waals surface area contributed by atoms with E-state index in [4.69, 9.17) is 4.18 Å². The van der Waals surface area contributed by atoms with Crippen LogP contribution in [0.2, 0.25) is 0 Å². The number of nitrogens with one attached hydrogen (secondary N) is 1. The molecule has 2 aromatic rings. The minimum absolute atomic E-state index is 0.0800. The first-order chi connectivity index (χ1) is 12.9. The molecule has 0 bridgehead atoms. The maximum absolute atomic E-state index is 12.7. The molecule has 144 valence electrons. The Balaban J connectivity index is 1.65. The molecule has 0 saturated heterocycles. The molecule has 2 aromatic carbocycles. The van der Waals surface area contributed by atoms with Crippen LogP contribution in [0.25, 0.3) is 0 Å². The van der Waals surface area contributed by atoms with Crippen molar-refractivity contribution in [3.8, 4) is 5.75 Å². The molecular weight excluding hydrogens is 364 g/mol. The van der Waals surface area contributed by atoms with Gasteiger partial charge in [0.15, 0.2) is 0 Å². The van der Waals surface area contributed by atoms with Crippen molar-refractivity contribution in [1.29, 1.82) is 0 Å². The number of hydrogen-bond acceptors (Lipinski definition) is 4. The minimum atomic E-state index is -3.54. The van der Waals surface area contributed by atoms with Crippen molar-refractivity contribution >= 4 is 21.8 Å². The summed E-state index contributed by atoms with van der Waals surface area (Å²) in [5.41, 5.74) is 2.83. The lowest BCUT2D eigenvalue weighted by atomic mass is 10.2. The summed E-state index contributed by atoms with van der Waals surface area (Å²) in [7, 11) is -3.54. The second-order valence-electron chi connectivity index (χ2n) is 6.73. The standard InChI is InChI=1S/C20H24N2O4S/c1-3-27(24,25)26-19-12-6-16(7-13-19)14-22(18-10-11-18)20(23)21-17-8-4-15(2)5-9-17/h4-9,12-13,18H,3,10-11,14H2,1-2H3,(H,21,23). The number of urea groups is 1. The van der Waals surface area contributed by atoms with E-state index < -0.39 is 10.1 Å². The van der Waals surface area contributed by atoms with Crippen LogP contribution in [0, 0.1) is 6.92 Å². The van der Waals surface area contributed by atoms with Gasteiger partial charge in [0, 0.05) is 18.3 Å². The molecule has 1 saturated carbocycles. The summed E-state index contributed by atoms with van der Waals surface area (Å²) in [6, 6.07) is 14.6. The Morgan fingerprint density at radius 1 is 1.11 bits per heavy atom. The van der Waals surface area contributed by atoms with Gasteiger partial charge in [-0.2, -0.15) is 8.42 Å². The Labute approximate surface area is 160 Å². The SMILES string of the molecule is CCS(=O)(=O)Oc1ccc(CN(C(=O)Nc2ccc(C)cc2)C2CC2)cc1. The van der Waals surface area contributed by atoms with E-state index in [9.17, 15) is 13.2 Å². The third kappa shape index (κ3) is 5.47. The summed E-state index contributed by atoms with van der Waals surface area (Å²) >= 11 is 0. The molecule has 0 unspecified atom stereocenters. The lowest BCUT2D eigenvalue weighted by molar-refractivity contribution is 0.206. The average Bonchev–Trinajstić information content (AvgIpc) is 3.47. The van der Waals surface area contributed by atoms with E-state index in [0.717, 1.165) is 29.7 Å². The van der Waals surface area contributed by atoms with Crippen molar-refractivity contribution in [2.75, 3.05) is 11.1 Å². The molecule has 6 nitrogen and oxygen atoms in total. The van der Waals surface area contributed by atoms with Gasteiger partial charge in [-0.15, -0.1) is 0 Å². The molecule has 1 N–H and O–H groups in total. The molecule has 0 aromatic heterocycles. The summed E-state index contributed by atoms with van der Waals surface area (Å²) in [5, 5.41) is 2.94. The maximum atomic E-state index is 12.7. The van der Waals surface area contributed by atoms with E-state index in [1.54, 1.807) is 24.3 Å². The van der Waals surface area contributed by atoms with Gasteiger partial charge in [-0.25, -0.2) is 4.79 Å². The highest BCUT2D eigenvalue weighted by Crippen LogP contribution is 2.29. The Hall–Kier alpha value is -2.54. The second kappa shape index (κ2) is 8.00. The highest BCUT2D eigenvalue weighted by molar-refractivity contribution is 7.87. The van der Waals surface area contributed by atoms with E-state index in [1.165, 1.54) is 6.92 Å². The summed E-state index contributed by atoms with van der Waals surface area (Å²) < 4.78 is 28.0. The molecule has 1 fully saturated rings. The highest BCUT2D eigenvalue weighted by Gasteiger charge is 2.32. The van der Waals surface area contributed by atoms with Crippen molar-refractivity contribution < 1.29 is 17.4 Å². The van der Waals surface area contributed by atoms with Crippen LogP contribution in [0.15, 0.2) is 48.5 Å². The van der Waals surface area contributed by atoms with E-state index >= 15 is 0 Å². The number of aryl methyl sites for hydroxylation is 1. The third-order valence-corrected chi connectivity index (χ3v) is 5.56. The average molecular weight is 388 g/mol. The summed E-state index contributed by atoms with van der Waals surface area (Å²) in [4.78, 5) is 14.5. The Kier molecular flexibility index (Phi) is 5.70. The monoisotopic (exact) mass is 388 g/mol. The van der Waals surface area contributed by atoms with Gasteiger partial charge in [0.1, 0.15) is 5.75 Å². The van der Waals surface area contributed by atoms with Gasteiger partial charge < -0.3 is 14.4 Å². The number of anilines is 1. The zero-order chi connectivity index (χ0) is 19.4. The zero-order valence-electron chi connectivity index (χ0n) is 15.5. The van der Waals surface area contributed by atoms with E-state index in [2.05, 4.69) is 5.32 Å². The first-order valence-electron chi connectivity index (χ1n) is 9.01. The molecule has 0 aliphatic heterocycles. The zero-order valence-corrected chi connectivity index (χ0v) is 16.3. The number of hydrogen-bond donors (Lipinski definition) is 1. The third-order valence-electron chi connectivity index (χ3n) is 4.40. The minimum Gasteiger partial charge on any atom is -0.382 e. The summed E-state index contributed by atoms with van der Waals surface area (Å²) in [6.45, 7) is 3.99. The molecule has 3 rings (SSSR count). The van der Waals surface area contributed by atoms with Crippen LogP contribution < -0.4 is 9.50 Å². The van der Waals surface area contributed by atoms with Gasteiger partial charge in [0.25, 0.3) is 0 Å². The molecule has 0 radical (unpaired) electrons. The predicted octanol–water partition coefficient (Wildman–Crippen LogP) is 3.92. The smallest absolute Gasteiger partial charge is 0.322 e. The van der Waals surface area contributed by atoms with E-state index in [-0.39, 0.29) is 23.6 Å². The van der Waals surface area contributed by atoms with Crippen LogP contribution in [0.5, 0.6) is 5.75 Å². The molecule has 7 heteroatoms. The molecule has 0 heterocycles. The fraction of sp³-hybridized carbons (Fsp3) is 0.350. The normalized spacial score (nSPS) is 13.9. The number of benzene rings is 2. The summed E-state index contributed by atoms with van der Waals surface area (Å²) in [5.74, 6) is 0.200. The molecule has 27 heavy (non-hydrogen) atoms. The van der Waals surface area contributed by atoms with Gasteiger partial charge >= 0.3 is 16.1 Å². The highest BCUT2D eigenvalue weighted by atomic mass is 32.2. The van der Waals surface area contributed by atoms with Crippen LogP contribution in [0.4, 0.5) is 10.5 Å². The molecular formula is C20H24N2O4S. The van der Waals surface area contributed by atoms with E-state index in [1.807, 2.05) is 36.1 Å². The first-order valence-corrected chi connectivity index (χ1v) is 10.6. The van der Waals surface area contributed by atoms with Crippen molar-refractivity contribution in [3.05, 3.63) is 59.7 Å². The van der Waals surface area contributed by atoms with Crippen LogP contribution in [-0.4, -0.2) is 31.1 Å². The van der Waals surface area contributed by atoms with Gasteiger partial charge in [0.2, 0.25) is 0 Å². The topological polar surface area (TPSA) is 75.7 Å². The van der Waals surface area contributed by atoms with Crippen LogP contribution in [-0.2, 0) is 16.7 Å². The summed E-state index contributed by atoms with van der Waals surface area (Å²) in [6.07, 6.45) is 1.99. The quantitative estimate of drug-likeness (QED) is 0.730. The van der Waals surface area contributed by atoms with E-state index in [0.29, 0.717) is 6.54 Å².